The maximum atomic E-state index is 12.2. The van der Waals surface area contributed by atoms with Gasteiger partial charge in [-0.25, -0.2) is 4.79 Å². The van der Waals surface area contributed by atoms with Crippen LogP contribution in [0, 0.1) is 13.8 Å². The Balaban J connectivity index is 1.87. The van der Waals surface area contributed by atoms with E-state index in [1.807, 2.05) is 26.0 Å². The first-order chi connectivity index (χ1) is 12.5. The molecule has 0 radical (unpaired) electrons. The van der Waals surface area contributed by atoms with Gasteiger partial charge in [-0.3, -0.25) is 9.48 Å². The number of esters is 1. The fraction of sp³-hybridized carbons (Fsp3) is 0.211. The average molecular weight is 353 g/mol. The number of anilines is 1. The van der Waals surface area contributed by atoms with E-state index in [0.29, 0.717) is 23.5 Å². The fourth-order valence-corrected chi connectivity index (χ4v) is 2.74. The van der Waals surface area contributed by atoms with Crippen LogP contribution < -0.4 is 5.32 Å². The Morgan fingerprint density at radius 2 is 1.96 bits per heavy atom. The lowest BCUT2D eigenvalue weighted by Gasteiger charge is -2.10. The highest BCUT2D eigenvalue weighted by molar-refractivity contribution is 6.02. The number of methoxy groups -OCH3 is 1. The van der Waals surface area contributed by atoms with Crippen LogP contribution in [0.1, 0.15) is 37.9 Å². The molecule has 1 N–H and O–H groups in total. The number of nitrogens with one attached hydrogen (secondary N) is 1. The third-order valence-electron chi connectivity index (χ3n) is 4.11. The van der Waals surface area contributed by atoms with Crippen molar-refractivity contribution >= 4 is 17.6 Å². The lowest BCUT2D eigenvalue weighted by Crippen LogP contribution is -2.13. The Bertz CT molecular complexity index is 942. The Labute approximate surface area is 150 Å². The second-order valence-corrected chi connectivity index (χ2v) is 5.78. The Hall–Kier alpha value is -3.35. The summed E-state index contributed by atoms with van der Waals surface area (Å²) in [6.07, 6.45) is 1.45. The number of ether oxygens (including phenoxy) is 1. The number of benzene rings is 1. The maximum Gasteiger partial charge on any atom is 0.338 e. The third-order valence-corrected chi connectivity index (χ3v) is 4.11. The number of aryl methyl sites for hydroxylation is 1. The minimum absolute atomic E-state index is 0.229. The van der Waals surface area contributed by atoms with Crippen LogP contribution in [0.25, 0.3) is 0 Å². The van der Waals surface area contributed by atoms with Crippen LogP contribution in [0.2, 0.25) is 0 Å². The van der Waals surface area contributed by atoms with Crippen molar-refractivity contribution in [1.29, 1.82) is 0 Å². The zero-order valence-electron chi connectivity index (χ0n) is 14.8. The number of aromatic nitrogens is 2. The van der Waals surface area contributed by atoms with Crippen molar-refractivity contribution in [3.8, 4) is 0 Å². The SMILES string of the molecule is COC(=O)c1ccccc1Cn1nc(C)c(NC(=O)c2ccco2)c1C. The van der Waals surface area contributed by atoms with Gasteiger partial charge in [-0.2, -0.15) is 5.10 Å². The number of hydrogen-bond donors (Lipinski definition) is 1. The van der Waals surface area contributed by atoms with Gasteiger partial charge in [0.25, 0.3) is 5.91 Å². The summed E-state index contributed by atoms with van der Waals surface area (Å²) in [6.45, 7) is 4.06. The van der Waals surface area contributed by atoms with Crippen LogP contribution in [-0.2, 0) is 11.3 Å². The van der Waals surface area contributed by atoms with Gasteiger partial charge in [-0.05, 0) is 37.6 Å². The second-order valence-electron chi connectivity index (χ2n) is 5.78. The van der Waals surface area contributed by atoms with Gasteiger partial charge in [0, 0.05) is 0 Å². The van der Waals surface area contributed by atoms with Gasteiger partial charge in [-0.15, -0.1) is 0 Å². The summed E-state index contributed by atoms with van der Waals surface area (Å²) in [5.74, 6) is -0.503. The van der Waals surface area contributed by atoms with Crippen molar-refractivity contribution in [2.75, 3.05) is 12.4 Å². The molecular formula is C19H19N3O4. The topological polar surface area (TPSA) is 86.4 Å². The molecule has 1 amide bonds. The van der Waals surface area contributed by atoms with E-state index in [1.165, 1.54) is 13.4 Å². The highest BCUT2D eigenvalue weighted by Crippen LogP contribution is 2.22. The highest BCUT2D eigenvalue weighted by atomic mass is 16.5. The summed E-state index contributed by atoms with van der Waals surface area (Å²) in [5, 5.41) is 7.31. The van der Waals surface area contributed by atoms with Crippen LogP contribution in [-0.4, -0.2) is 28.8 Å². The summed E-state index contributed by atoms with van der Waals surface area (Å²) < 4.78 is 11.7. The molecule has 3 aromatic rings. The molecule has 134 valence electrons. The van der Waals surface area contributed by atoms with Gasteiger partial charge >= 0.3 is 5.97 Å². The normalized spacial score (nSPS) is 10.6. The molecule has 26 heavy (non-hydrogen) atoms. The first-order valence-electron chi connectivity index (χ1n) is 8.06. The predicted octanol–water partition coefficient (Wildman–Crippen LogP) is 3.18. The zero-order valence-corrected chi connectivity index (χ0v) is 14.8. The van der Waals surface area contributed by atoms with Gasteiger partial charge in [-0.1, -0.05) is 18.2 Å². The molecule has 7 nitrogen and oxygen atoms in total. The Morgan fingerprint density at radius 3 is 2.65 bits per heavy atom. The quantitative estimate of drug-likeness (QED) is 0.712. The number of nitrogens with zero attached hydrogens (tertiary/aromatic N) is 2. The van der Waals surface area contributed by atoms with Crippen molar-refractivity contribution in [2.45, 2.75) is 20.4 Å². The second kappa shape index (κ2) is 7.26. The molecule has 3 rings (SSSR count). The minimum atomic E-state index is -0.395. The monoisotopic (exact) mass is 353 g/mol. The summed E-state index contributed by atoms with van der Waals surface area (Å²) in [6, 6.07) is 10.5. The molecule has 1 aromatic carbocycles. The fourth-order valence-electron chi connectivity index (χ4n) is 2.74. The van der Waals surface area contributed by atoms with Gasteiger partial charge in [0.1, 0.15) is 0 Å². The molecule has 0 spiro atoms. The summed E-state index contributed by atoms with van der Waals surface area (Å²) in [7, 11) is 1.35. The molecule has 0 aliphatic carbocycles. The lowest BCUT2D eigenvalue weighted by atomic mass is 10.1. The minimum Gasteiger partial charge on any atom is -0.465 e. The number of rotatable bonds is 5. The molecule has 0 atom stereocenters. The molecule has 0 saturated carbocycles. The molecule has 0 aliphatic rings. The van der Waals surface area contributed by atoms with Gasteiger partial charge < -0.3 is 14.5 Å². The number of hydrogen-bond acceptors (Lipinski definition) is 5. The first-order valence-corrected chi connectivity index (χ1v) is 8.06. The number of carbonyl (C=O) groups excluding carboxylic acids is 2. The third kappa shape index (κ3) is 3.37. The van der Waals surface area contributed by atoms with E-state index in [4.69, 9.17) is 9.15 Å². The molecule has 0 unspecified atom stereocenters. The van der Waals surface area contributed by atoms with Crippen molar-refractivity contribution < 1.29 is 18.7 Å². The number of amides is 1. The van der Waals surface area contributed by atoms with Crippen molar-refractivity contribution in [2.24, 2.45) is 0 Å². The lowest BCUT2D eigenvalue weighted by molar-refractivity contribution is 0.0599. The maximum absolute atomic E-state index is 12.2. The number of furan rings is 1. The van der Waals surface area contributed by atoms with Gasteiger partial charge in [0.05, 0.1) is 42.6 Å². The van der Waals surface area contributed by atoms with E-state index < -0.39 is 5.97 Å². The van der Waals surface area contributed by atoms with Crippen LogP contribution in [0.3, 0.4) is 0 Å². The largest absolute Gasteiger partial charge is 0.465 e. The van der Waals surface area contributed by atoms with E-state index in [-0.39, 0.29) is 11.7 Å². The van der Waals surface area contributed by atoms with Crippen molar-refractivity contribution in [3.05, 3.63) is 70.9 Å². The van der Waals surface area contributed by atoms with Crippen LogP contribution in [0.5, 0.6) is 0 Å². The van der Waals surface area contributed by atoms with E-state index in [0.717, 1.165) is 11.3 Å². The molecule has 7 heteroatoms. The first kappa shape index (κ1) is 17.5. The smallest absolute Gasteiger partial charge is 0.338 e. The predicted molar refractivity (Wildman–Crippen MR) is 95.2 cm³/mol. The Kier molecular flexibility index (Phi) is 4.88. The zero-order chi connectivity index (χ0) is 18.7. The summed E-state index contributed by atoms with van der Waals surface area (Å²) >= 11 is 0. The average Bonchev–Trinajstić information content (AvgIpc) is 3.26. The van der Waals surface area contributed by atoms with Gasteiger partial charge in [0.2, 0.25) is 0 Å². The molecule has 0 aliphatic heterocycles. The Morgan fingerprint density at radius 1 is 1.19 bits per heavy atom. The standard InChI is InChI=1S/C19H19N3O4/c1-12-17(20-18(23)16-9-6-10-26-16)13(2)22(21-12)11-14-7-4-5-8-15(14)19(24)25-3/h4-10H,11H2,1-3H3,(H,20,23). The molecule has 2 heterocycles. The van der Waals surface area contributed by atoms with Crippen molar-refractivity contribution in [1.82, 2.24) is 9.78 Å². The summed E-state index contributed by atoms with van der Waals surface area (Å²) in [5.41, 5.74) is 3.36. The van der Waals surface area contributed by atoms with E-state index in [2.05, 4.69) is 10.4 Å². The number of carbonyl (C=O) groups is 2. The van der Waals surface area contributed by atoms with Crippen LogP contribution in [0.15, 0.2) is 47.1 Å². The van der Waals surface area contributed by atoms with E-state index in [9.17, 15) is 9.59 Å². The highest BCUT2D eigenvalue weighted by Gasteiger charge is 2.18. The van der Waals surface area contributed by atoms with E-state index >= 15 is 0 Å². The van der Waals surface area contributed by atoms with Crippen molar-refractivity contribution in [3.63, 3.8) is 0 Å². The molecule has 0 saturated heterocycles. The van der Waals surface area contributed by atoms with Crippen LogP contribution >= 0.6 is 0 Å². The molecule has 2 aromatic heterocycles. The van der Waals surface area contributed by atoms with Gasteiger partial charge in [0.15, 0.2) is 5.76 Å². The molecule has 0 fully saturated rings. The van der Waals surface area contributed by atoms with Crippen LogP contribution in [0.4, 0.5) is 5.69 Å². The summed E-state index contributed by atoms with van der Waals surface area (Å²) in [4.78, 5) is 24.2. The molecular weight excluding hydrogens is 334 g/mol. The molecule has 0 bridgehead atoms. The van der Waals surface area contributed by atoms with E-state index in [1.54, 1.807) is 28.9 Å².